The van der Waals surface area contributed by atoms with E-state index < -0.39 is 5.41 Å². The molecular formula is C112H78N4O2. The van der Waals surface area contributed by atoms with E-state index in [1.807, 2.05) is 48.5 Å². The number of fused-ring (bicyclic) bond motifs is 10. The van der Waals surface area contributed by atoms with Crippen LogP contribution in [-0.4, -0.2) is 4.57 Å². The number of allylic oxidation sites excluding steroid dienone is 5. The number of aromatic nitrogens is 1. The summed E-state index contributed by atoms with van der Waals surface area (Å²) in [6.07, 6.45) is 4.70. The highest BCUT2D eigenvalue weighted by Crippen LogP contribution is 2.65. The van der Waals surface area contributed by atoms with Crippen molar-refractivity contribution in [3.05, 3.63) is 483 Å². The number of nitrogens with zero attached hydrogens (tertiary/aromatic N) is 4. The third-order valence-corrected chi connectivity index (χ3v) is 23.6. The fraction of sp³-hybridized carbons (Fsp3) is 0.0179. The van der Waals surface area contributed by atoms with E-state index in [2.05, 4.69) is 421 Å². The maximum absolute atomic E-state index is 6.50. The minimum absolute atomic E-state index is 0.667. The van der Waals surface area contributed by atoms with Gasteiger partial charge in [-0.05, 0) is 267 Å². The van der Waals surface area contributed by atoms with E-state index in [1.54, 1.807) is 0 Å². The lowest BCUT2D eigenvalue weighted by molar-refractivity contribution is 0.597. The van der Waals surface area contributed by atoms with Crippen molar-refractivity contribution in [1.82, 2.24) is 4.57 Å². The average Bonchev–Trinajstić information content (AvgIpc) is 1.51. The molecule has 19 aromatic rings. The first-order valence-electron chi connectivity index (χ1n) is 40.3. The highest BCUT2D eigenvalue weighted by Gasteiger charge is 2.53. The summed E-state index contributed by atoms with van der Waals surface area (Å²) in [6.45, 7) is 7.16. The molecule has 21 rings (SSSR count). The predicted octanol–water partition coefficient (Wildman–Crippen LogP) is 30.8. The van der Waals surface area contributed by atoms with Crippen molar-refractivity contribution in [3.8, 4) is 84.4 Å². The van der Waals surface area contributed by atoms with Crippen LogP contribution in [0.4, 0.5) is 51.2 Å². The molecule has 3 aromatic heterocycles. The average molecular weight is 1510 g/mol. The number of hydrogen-bond acceptors (Lipinski definition) is 5. The Bertz CT molecular complexity index is 7010. The molecule has 558 valence electrons. The number of hydrogen-bond donors (Lipinski definition) is 0. The van der Waals surface area contributed by atoms with Crippen LogP contribution in [0.5, 0.6) is 0 Å². The van der Waals surface area contributed by atoms with E-state index in [4.69, 9.17) is 15.4 Å². The van der Waals surface area contributed by atoms with Gasteiger partial charge in [-0.25, -0.2) is 0 Å². The van der Waals surface area contributed by atoms with Gasteiger partial charge < -0.3 is 28.1 Å². The van der Waals surface area contributed by atoms with Crippen LogP contribution in [0, 0.1) is 0 Å². The molecule has 1 unspecified atom stereocenters. The Hall–Kier alpha value is -15.5. The zero-order chi connectivity index (χ0) is 78.6. The number of furan rings is 2. The standard InChI is InChI=1S/C112H78N4O2/c1-3-102-101(97-36-20-23-39-104(97)112(102)103-38-22-19-35-96(103)98-67-65-94(74-105(98)112)115(93-59-43-79(44-60-93)78-25-9-4-10-26-78)95-66-68-100-99-37-21-24-40-106(99)116(107(100)75-95)87-33-17-8-18-34-87)73-76(2)77-41-53-88(54-42-77)114(92-63-51-85(52-64-92)111-72-70-109(118-111)83-29-13-6-14-30-83)90-57-47-81(48-58-90)80-45-55-89(56-46-80)113(86-31-15-7-16-32-86)91-61-49-84(50-62-91)110-71-69-108(117-110)82-27-11-5-12-28-82/h3-75H,2H2,1H3/b101-73-,102-3+. The molecule has 1 atom stereocenters. The van der Waals surface area contributed by atoms with Crippen LogP contribution in [0.3, 0.4) is 0 Å². The highest BCUT2D eigenvalue weighted by molar-refractivity contribution is 6.11. The quantitative estimate of drug-likeness (QED) is 0.0856. The van der Waals surface area contributed by atoms with Crippen LogP contribution in [0.15, 0.2) is 464 Å². The van der Waals surface area contributed by atoms with Crippen molar-refractivity contribution in [2.45, 2.75) is 12.3 Å². The molecule has 2 aliphatic carbocycles. The van der Waals surface area contributed by atoms with E-state index in [0.717, 1.165) is 141 Å². The van der Waals surface area contributed by atoms with E-state index in [1.165, 1.54) is 60.8 Å². The van der Waals surface area contributed by atoms with Crippen LogP contribution in [-0.2, 0) is 5.41 Å². The lowest BCUT2D eigenvalue weighted by atomic mass is 9.70. The van der Waals surface area contributed by atoms with Crippen LogP contribution in [0.25, 0.3) is 117 Å². The molecule has 0 N–H and O–H groups in total. The molecule has 0 saturated heterocycles. The molecule has 16 aromatic carbocycles. The van der Waals surface area contributed by atoms with E-state index >= 15 is 0 Å². The maximum atomic E-state index is 6.50. The molecule has 0 saturated carbocycles. The summed E-state index contributed by atoms with van der Waals surface area (Å²) < 4.78 is 15.3. The zero-order valence-electron chi connectivity index (χ0n) is 65.0. The molecule has 0 radical (unpaired) electrons. The lowest BCUT2D eigenvalue weighted by Gasteiger charge is -2.32. The molecule has 0 amide bonds. The van der Waals surface area contributed by atoms with Gasteiger partial charge in [0.1, 0.15) is 23.0 Å². The Kier molecular flexibility index (Phi) is 17.8. The first kappa shape index (κ1) is 70.4. The summed E-state index contributed by atoms with van der Waals surface area (Å²) in [5.74, 6) is 3.31. The van der Waals surface area contributed by atoms with Gasteiger partial charge >= 0.3 is 0 Å². The van der Waals surface area contributed by atoms with E-state index in [9.17, 15) is 0 Å². The largest absolute Gasteiger partial charge is 0.456 e. The SMILES string of the molecule is C=C(/C=C1\C(=C/C)C2(c3ccccc31)c1ccccc1-c1ccc(N(c3ccc(-c4ccccc4)cc3)c3ccc4c5ccccc5n(-c5ccccc5)c4c3)cc12)c1ccc(N(c2ccc(-c3ccc(N(c4ccccc4)c4ccc(-c5ccc(-c6ccccc6)o5)cc4)cc3)cc2)c2ccc(-c3ccc(-c4ccccc4)o3)cc2)cc1. The molecule has 6 nitrogen and oxygen atoms in total. The van der Waals surface area contributed by atoms with Crippen molar-refractivity contribution in [1.29, 1.82) is 0 Å². The first-order chi connectivity index (χ1) is 58.4. The van der Waals surface area contributed by atoms with Crippen molar-refractivity contribution in [2.24, 2.45) is 0 Å². The molecule has 2 aliphatic rings. The minimum atomic E-state index is -0.667. The van der Waals surface area contributed by atoms with Gasteiger partial charge in [-0.1, -0.05) is 267 Å². The topological polar surface area (TPSA) is 40.9 Å². The summed E-state index contributed by atoms with van der Waals surface area (Å²) in [4.78, 5) is 7.08. The smallest absolute Gasteiger partial charge is 0.134 e. The van der Waals surface area contributed by atoms with Crippen LogP contribution >= 0.6 is 0 Å². The molecular weight excluding hydrogens is 1430 g/mol. The third-order valence-electron chi connectivity index (χ3n) is 23.6. The zero-order valence-corrected chi connectivity index (χ0v) is 65.0. The molecule has 1 spiro atoms. The molecule has 0 bridgehead atoms. The van der Waals surface area contributed by atoms with Crippen LogP contribution < -0.4 is 14.7 Å². The van der Waals surface area contributed by atoms with Crippen molar-refractivity contribution in [2.75, 3.05) is 14.7 Å². The third kappa shape index (κ3) is 12.4. The van der Waals surface area contributed by atoms with Gasteiger partial charge in [0.25, 0.3) is 0 Å². The number of anilines is 9. The second-order valence-corrected chi connectivity index (χ2v) is 30.3. The van der Waals surface area contributed by atoms with Crippen LogP contribution in [0.2, 0.25) is 0 Å². The number of benzene rings is 16. The van der Waals surface area contributed by atoms with Gasteiger partial charge in [0, 0.05) is 89.9 Å². The fourth-order valence-corrected chi connectivity index (χ4v) is 18.1. The monoisotopic (exact) mass is 1510 g/mol. The van der Waals surface area contributed by atoms with Crippen molar-refractivity contribution >= 4 is 84.1 Å². The summed E-state index contributed by atoms with van der Waals surface area (Å²) in [5.41, 5.74) is 32.5. The summed E-state index contributed by atoms with van der Waals surface area (Å²) in [7, 11) is 0. The minimum Gasteiger partial charge on any atom is -0.456 e. The highest BCUT2D eigenvalue weighted by atomic mass is 16.3. The van der Waals surface area contributed by atoms with Crippen molar-refractivity contribution in [3.63, 3.8) is 0 Å². The second-order valence-electron chi connectivity index (χ2n) is 30.3. The van der Waals surface area contributed by atoms with E-state index in [-0.39, 0.29) is 0 Å². The summed E-state index contributed by atoms with van der Waals surface area (Å²) in [6, 6.07) is 155. The number of para-hydroxylation sites is 3. The Morgan fingerprint density at radius 3 is 1.12 bits per heavy atom. The first-order valence-corrected chi connectivity index (χ1v) is 40.3. The van der Waals surface area contributed by atoms with E-state index in [0.29, 0.717) is 0 Å². The van der Waals surface area contributed by atoms with Gasteiger partial charge in [0.2, 0.25) is 0 Å². The fourth-order valence-electron chi connectivity index (χ4n) is 18.1. The normalized spacial score (nSPS) is 13.9. The summed E-state index contributed by atoms with van der Waals surface area (Å²) >= 11 is 0. The van der Waals surface area contributed by atoms with Gasteiger partial charge in [-0.3, -0.25) is 0 Å². The van der Waals surface area contributed by atoms with Gasteiger partial charge in [0.15, 0.2) is 0 Å². The van der Waals surface area contributed by atoms with Gasteiger partial charge in [-0.2, -0.15) is 0 Å². The Morgan fingerprint density at radius 2 is 0.619 bits per heavy atom. The van der Waals surface area contributed by atoms with Crippen LogP contribution in [0.1, 0.15) is 34.7 Å². The maximum Gasteiger partial charge on any atom is 0.134 e. The molecule has 6 heteroatoms. The molecule has 3 heterocycles. The lowest BCUT2D eigenvalue weighted by Crippen LogP contribution is -2.26. The van der Waals surface area contributed by atoms with Gasteiger partial charge in [-0.15, -0.1) is 0 Å². The summed E-state index contributed by atoms with van der Waals surface area (Å²) in [5, 5.41) is 2.42. The molecule has 118 heavy (non-hydrogen) atoms. The Balaban J connectivity index is 0.620. The van der Waals surface area contributed by atoms with Gasteiger partial charge in [0.05, 0.1) is 16.4 Å². The second kappa shape index (κ2) is 29.8. The van der Waals surface area contributed by atoms with Crippen molar-refractivity contribution < 1.29 is 8.83 Å². The Morgan fingerprint density at radius 1 is 0.280 bits per heavy atom. The predicted molar refractivity (Wildman–Crippen MR) is 491 cm³/mol. The Labute approximate surface area is 687 Å². The number of rotatable bonds is 18. The molecule has 0 fully saturated rings. The molecule has 0 aliphatic heterocycles.